The molecule has 0 aromatic carbocycles. The minimum Gasteiger partial charge on any atom is -0.319 e. The molecule has 0 bridgehead atoms. The lowest BCUT2D eigenvalue weighted by Crippen LogP contribution is -1.87. The summed E-state index contributed by atoms with van der Waals surface area (Å²) in [5.74, 6) is 0. The summed E-state index contributed by atoms with van der Waals surface area (Å²) in [6.45, 7) is 0. The summed E-state index contributed by atoms with van der Waals surface area (Å²) in [4.78, 5) is 12.1. The van der Waals surface area contributed by atoms with Crippen LogP contribution >= 0.6 is 11.3 Å². The third-order valence-corrected chi connectivity index (χ3v) is 0.851. The average molecular weight is 103 g/mol. The Morgan fingerprint density at radius 3 is 3.17 bits per heavy atom. The third-order valence-electron chi connectivity index (χ3n) is 0.359. The molecule has 3 heteroatoms. The molecule has 1 N–H and O–H groups in total. The maximum atomic E-state index is 10.2. The Morgan fingerprint density at radius 2 is 3.00 bits per heavy atom. The maximum absolute atomic E-state index is 10.2. The summed E-state index contributed by atoms with van der Waals surface area (Å²) < 4.78 is 13.6. The van der Waals surface area contributed by atoms with Crippen molar-refractivity contribution in [2.45, 2.75) is 0 Å². The second-order valence-corrected chi connectivity index (χ2v) is 1.52. The van der Waals surface area contributed by atoms with Crippen molar-refractivity contribution in [1.82, 2.24) is 4.98 Å². The molecular formula is C3H3NOS. The van der Waals surface area contributed by atoms with Crippen LogP contribution in [0.4, 0.5) is 0 Å². The Labute approximate surface area is 41.3 Å². The van der Waals surface area contributed by atoms with E-state index in [1.807, 2.05) is 0 Å². The Morgan fingerprint density at radius 1 is 2.17 bits per heavy atom. The van der Waals surface area contributed by atoms with Gasteiger partial charge in [0.05, 0.1) is 2.74 Å². The molecule has 0 aliphatic heterocycles. The predicted molar refractivity (Wildman–Crippen MR) is 24.9 cm³/mol. The smallest absolute Gasteiger partial charge is 0.304 e. The fourth-order valence-corrected chi connectivity index (χ4v) is 0.471. The average Bonchev–Trinajstić information content (AvgIpc) is 1.85. The normalized spacial score (nSPS) is 13.3. The van der Waals surface area contributed by atoms with Gasteiger partial charge in [0.2, 0.25) is 0 Å². The van der Waals surface area contributed by atoms with Crippen molar-refractivity contribution in [3.8, 4) is 0 Å². The van der Waals surface area contributed by atoms with Gasteiger partial charge in [-0.1, -0.05) is 11.3 Å². The summed E-state index contributed by atoms with van der Waals surface area (Å²) in [5.41, 5.74) is 0. The molecule has 1 rings (SSSR count). The van der Waals surface area contributed by atoms with Crippen LogP contribution in [0.25, 0.3) is 0 Å². The molecular weight excluding hydrogens is 98.1 g/mol. The fraction of sp³-hybridized carbons (Fsp3) is 0. The Balaban J connectivity index is 3.35. The van der Waals surface area contributed by atoms with E-state index < -0.39 is 0 Å². The number of aromatic nitrogens is 1. The number of hydrogen-bond donors (Lipinski definition) is 1. The van der Waals surface area contributed by atoms with Crippen molar-refractivity contribution in [2.24, 2.45) is 0 Å². The molecule has 6 heavy (non-hydrogen) atoms. The Hall–Kier alpha value is -0.570. The topological polar surface area (TPSA) is 32.9 Å². The Kier molecular flexibility index (Phi) is 0.406. The molecule has 1 heterocycles. The highest BCUT2D eigenvalue weighted by atomic mass is 32.1. The second-order valence-electron chi connectivity index (χ2n) is 0.742. The first-order valence-electron chi connectivity index (χ1n) is 2.36. The van der Waals surface area contributed by atoms with Gasteiger partial charge < -0.3 is 4.98 Å². The van der Waals surface area contributed by atoms with Crippen molar-refractivity contribution in [1.29, 1.82) is 0 Å². The molecule has 0 saturated heterocycles. The van der Waals surface area contributed by atoms with E-state index in [0.29, 0.717) is 0 Å². The lowest BCUT2D eigenvalue weighted by Gasteiger charge is -1.49. The van der Waals surface area contributed by atoms with Gasteiger partial charge in [-0.15, -0.1) is 0 Å². The SMILES string of the molecule is [2H]c1[nH]c(=O)sc1[2H]. The first-order valence-corrected chi connectivity index (χ1v) is 2.18. The van der Waals surface area contributed by atoms with E-state index in [2.05, 4.69) is 4.98 Å². The van der Waals surface area contributed by atoms with E-state index in [1.54, 1.807) is 0 Å². The molecule has 0 saturated carbocycles. The predicted octanol–water partition coefficient (Wildman–Crippen LogP) is 0.436. The summed E-state index contributed by atoms with van der Waals surface area (Å²) in [7, 11) is 0. The summed E-state index contributed by atoms with van der Waals surface area (Å²) in [5, 5.41) is -0.00463. The molecule has 0 aliphatic carbocycles. The van der Waals surface area contributed by atoms with Gasteiger partial charge in [-0.2, -0.15) is 0 Å². The zero-order chi connectivity index (χ0) is 6.15. The van der Waals surface area contributed by atoms with Crippen LogP contribution in [-0.2, 0) is 0 Å². The van der Waals surface area contributed by atoms with E-state index >= 15 is 0 Å². The van der Waals surface area contributed by atoms with Crippen molar-refractivity contribution >= 4 is 11.3 Å². The molecule has 1 aromatic heterocycles. The van der Waals surface area contributed by atoms with E-state index in [-0.39, 0.29) is 16.4 Å². The van der Waals surface area contributed by atoms with E-state index in [9.17, 15) is 4.79 Å². The lowest BCUT2D eigenvalue weighted by molar-refractivity contribution is 1.35. The van der Waals surface area contributed by atoms with E-state index in [4.69, 9.17) is 2.74 Å². The maximum Gasteiger partial charge on any atom is 0.304 e. The summed E-state index contributed by atoms with van der Waals surface area (Å²) in [6.07, 6.45) is -0.0972. The van der Waals surface area contributed by atoms with Gasteiger partial charge in [0.15, 0.2) is 0 Å². The number of rotatable bonds is 0. The lowest BCUT2D eigenvalue weighted by atomic mass is 11.0. The van der Waals surface area contributed by atoms with Gasteiger partial charge in [-0.25, -0.2) is 0 Å². The van der Waals surface area contributed by atoms with Gasteiger partial charge in [-0.05, 0) is 0 Å². The number of H-pyrrole nitrogens is 1. The van der Waals surface area contributed by atoms with Gasteiger partial charge in [-0.3, -0.25) is 4.79 Å². The van der Waals surface area contributed by atoms with Crippen LogP contribution in [0.15, 0.2) is 16.3 Å². The fourth-order valence-electron chi connectivity index (χ4n) is 0.174. The highest BCUT2D eigenvalue weighted by Crippen LogP contribution is 1.76. The molecule has 0 atom stereocenters. The highest BCUT2D eigenvalue weighted by molar-refractivity contribution is 7.07. The first-order chi connectivity index (χ1) is 3.70. The largest absolute Gasteiger partial charge is 0.319 e. The minimum absolute atomic E-state index is 0.00463. The third kappa shape index (κ3) is 0.490. The van der Waals surface area contributed by atoms with Gasteiger partial charge in [0.1, 0.15) is 0 Å². The van der Waals surface area contributed by atoms with Crippen LogP contribution in [0.1, 0.15) is 2.74 Å². The number of aromatic amines is 1. The molecule has 0 fully saturated rings. The minimum atomic E-state index is -0.333. The van der Waals surface area contributed by atoms with Gasteiger partial charge in [0, 0.05) is 11.5 Å². The van der Waals surface area contributed by atoms with E-state index in [1.165, 1.54) is 0 Å². The molecule has 2 nitrogen and oxygen atoms in total. The van der Waals surface area contributed by atoms with Gasteiger partial charge >= 0.3 is 4.87 Å². The molecule has 1 aromatic rings. The van der Waals surface area contributed by atoms with Crippen molar-refractivity contribution in [3.63, 3.8) is 0 Å². The zero-order valence-corrected chi connectivity index (χ0v) is 3.63. The zero-order valence-electron chi connectivity index (χ0n) is 4.82. The first kappa shape index (κ1) is 1.93. The van der Waals surface area contributed by atoms with E-state index in [0.717, 1.165) is 11.3 Å². The van der Waals surface area contributed by atoms with Crippen LogP contribution in [-0.4, -0.2) is 4.98 Å². The van der Waals surface area contributed by atoms with Crippen molar-refractivity contribution in [3.05, 3.63) is 21.2 Å². The van der Waals surface area contributed by atoms with Crippen LogP contribution in [0.5, 0.6) is 0 Å². The molecule has 0 amide bonds. The monoisotopic (exact) mass is 103 g/mol. The molecule has 0 spiro atoms. The van der Waals surface area contributed by atoms with Crippen LogP contribution < -0.4 is 4.87 Å². The quantitative estimate of drug-likeness (QED) is 0.507. The van der Waals surface area contributed by atoms with Crippen LogP contribution in [0.3, 0.4) is 0 Å². The van der Waals surface area contributed by atoms with Gasteiger partial charge in [0.25, 0.3) is 0 Å². The highest BCUT2D eigenvalue weighted by Gasteiger charge is 1.72. The molecule has 0 radical (unpaired) electrons. The molecule has 0 aliphatic rings. The number of hydrogen-bond acceptors (Lipinski definition) is 2. The molecule has 0 unspecified atom stereocenters. The van der Waals surface area contributed by atoms with Crippen LogP contribution in [0, 0.1) is 0 Å². The second kappa shape index (κ2) is 1.26. The summed E-state index contributed by atoms with van der Waals surface area (Å²) in [6, 6.07) is 0. The number of nitrogens with one attached hydrogen (secondary N) is 1. The molecule has 32 valence electrons. The van der Waals surface area contributed by atoms with Crippen molar-refractivity contribution < 1.29 is 2.74 Å². The van der Waals surface area contributed by atoms with Crippen LogP contribution in [0.2, 0.25) is 0 Å². The van der Waals surface area contributed by atoms with Crippen molar-refractivity contribution in [2.75, 3.05) is 0 Å². The summed E-state index contributed by atoms with van der Waals surface area (Å²) >= 11 is 0.737. The standard InChI is InChI=1S/C3H3NOS/c5-3-4-1-2-6-3/h1-2H,(H,4,5)/i1D,2D. The number of thiazole rings is 1. The Bertz CT molecular complexity index is 217.